The summed E-state index contributed by atoms with van der Waals surface area (Å²) in [4.78, 5) is 0. The second kappa shape index (κ2) is 7.04. The first-order valence-corrected chi connectivity index (χ1v) is 6.25. The normalized spacial score (nSPS) is 12.5. The minimum Gasteiger partial charge on any atom is -0.395 e. The van der Waals surface area contributed by atoms with Crippen LogP contribution < -0.4 is 5.32 Å². The molecule has 0 aliphatic heterocycles. The fourth-order valence-electron chi connectivity index (χ4n) is 1.83. The third-order valence-electron chi connectivity index (χ3n) is 2.89. The fraction of sp³-hybridized carbons (Fsp3) is 0.357. The maximum absolute atomic E-state index is 9.15. The fourth-order valence-corrected chi connectivity index (χ4v) is 1.83. The molecule has 0 fully saturated rings. The van der Waals surface area contributed by atoms with Crippen LogP contribution in [0.2, 0.25) is 0 Å². The van der Waals surface area contributed by atoms with Gasteiger partial charge in [0.1, 0.15) is 0 Å². The van der Waals surface area contributed by atoms with E-state index >= 15 is 0 Å². The number of benzene rings is 1. The minimum atomic E-state index is -0.0317. The monoisotopic (exact) mass is 261 g/mol. The van der Waals surface area contributed by atoms with Crippen LogP contribution in [0.1, 0.15) is 5.56 Å². The number of aliphatic hydroxyl groups is 1. The zero-order valence-electron chi connectivity index (χ0n) is 11.0. The summed E-state index contributed by atoms with van der Waals surface area (Å²) in [5.74, 6) is 0. The number of rotatable bonds is 7. The van der Waals surface area contributed by atoms with Crippen molar-refractivity contribution < 1.29 is 9.84 Å². The van der Waals surface area contributed by atoms with E-state index in [-0.39, 0.29) is 12.6 Å². The molecule has 0 spiro atoms. The van der Waals surface area contributed by atoms with Crippen LogP contribution in [0.4, 0.5) is 0 Å². The molecule has 1 aromatic carbocycles. The van der Waals surface area contributed by atoms with Gasteiger partial charge in [-0.05, 0) is 23.8 Å². The molecule has 1 aromatic heterocycles. The predicted octanol–water partition coefficient (Wildman–Crippen LogP) is 0.969. The van der Waals surface area contributed by atoms with Crippen molar-refractivity contribution in [2.75, 3.05) is 20.3 Å². The van der Waals surface area contributed by atoms with Crippen molar-refractivity contribution in [2.45, 2.75) is 12.6 Å². The number of aliphatic hydroxyl groups excluding tert-OH is 1. The standard InChI is InChI=1S/C14H19N3O2/c1-19-11-13(10-18)15-9-12-3-5-14(6-4-12)17-8-2-7-16-17/h2-8,13,15,18H,9-11H2,1H3. The Kier molecular flexibility index (Phi) is 5.09. The average molecular weight is 261 g/mol. The molecule has 0 bridgehead atoms. The minimum absolute atomic E-state index is 0.0317. The lowest BCUT2D eigenvalue weighted by Gasteiger charge is -2.15. The molecule has 5 heteroatoms. The predicted molar refractivity (Wildman–Crippen MR) is 73.2 cm³/mol. The molecule has 1 unspecified atom stereocenters. The molecule has 0 saturated heterocycles. The van der Waals surface area contributed by atoms with Crippen molar-refractivity contribution in [3.63, 3.8) is 0 Å². The molecule has 2 aromatic rings. The quantitative estimate of drug-likeness (QED) is 0.779. The molecule has 2 N–H and O–H groups in total. The van der Waals surface area contributed by atoms with E-state index in [1.165, 1.54) is 0 Å². The van der Waals surface area contributed by atoms with Gasteiger partial charge >= 0.3 is 0 Å². The number of nitrogens with zero attached hydrogens (tertiary/aromatic N) is 2. The number of aromatic nitrogens is 2. The van der Waals surface area contributed by atoms with Crippen LogP contribution >= 0.6 is 0 Å². The van der Waals surface area contributed by atoms with Crippen LogP contribution in [0, 0.1) is 0 Å². The van der Waals surface area contributed by atoms with Crippen molar-refractivity contribution >= 4 is 0 Å². The Balaban J connectivity index is 1.92. The summed E-state index contributed by atoms with van der Waals surface area (Å²) in [6.45, 7) is 1.27. The number of nitrogens with one attached hydrogen (secondary N) is 1. The highest BCUT2D eigenvalue weighted by Gasteiger charge is 2.05. The van der Waals surface area contributed by atoms with Gasteiger partial charge in [0.15, 0.2) is 0 Å². The molecular weight excluding hydrogens is 242 g/mol. The smallest absolute Gasteiger partial charge is 0.0645 e. The van der Waals surface area contributed by atoms with E-state index in [4.69, 9.17) is 9.84 Å². The van der Waals surface area contributed by atoms with Gasteiger partial charge in [0.2, 0.25) is 0 Å². The topological polar surface area (TPSA) is 59.3 Å². The van der Waals surface area contributed by atoms with Crippen LogP contribution in [0.15, 0.2) is 42.7 Å². The number of methoxy groups -OCH3 is 1. The summed E-state index contributed by atoms with van der Waals surface area (Å²) in [6, 6.07) is 10.0. The SMILES string of the molecule is COCC(CO)NCc1ccc(-n2cccn2)cc1. The molecule has 19 heavy (non-hydrogen) atoms. The summed E-state index contributed by atoms with van der Waals surface area (Å²) < 4.78 is 6.84. The first-order chi connectivity index (χ1) is 9.33. The molecule has 0 amide bonds. The number of hydrogen-bond donors (Lipinski definition) is 2. The van der Waals surface area contributed by atoms with E-state index in [0.29, 0.717) is 13.2 Å². The van der Waals surface area contributed by atoms with E-state index in [0.717, 1.165) is 11.3 Å². The van der Waals surface area contributed by atoms with Crippen molar-refractivity contribution in [3.05, 3.63) is 48.3 Å². The lowest BCUT2D eigenvalue weighted by Crippen LogP contribution is -2.35. The van der Waals surface area contributed by atoms with Crippen molar-refractivity contribution in [1.82, 2.24) is 15.1 Å². The van der Waals surface area contributed by atoms with E-state index in [2.05, 4.69) is 10.4 Å². The molecule has 2 rings (SSSR count). The Bertz CT molecular complexity index is 468. The van der Waals surface area contributed by atoms with E-state index in [1.807, 2.05) is 41.2 Å². The maximum atomic E-state index is 9.15. The highest BCUT2D eigenvalue weighted by molar-refractivity contribution is 5.33. The lowest BCUT2D eigenvalue weighted by atomic mass is 10.2. The molecule has 1 heterocycles. The van der Waals surface area contributed by atoms with Gasteiger partial charge in [-0.1, -0.05) is 12.1 Å². The second-order valence-corrected chi connectivity index (χ2v) is 4.33. The van der Waals surface area contributed by atoms with Gasteiger partial charge in [-0.15, -0.1) is 0 Å². The zero-order chi connectivity index (χ0) is 13.5. The second-order valence-electron chi connectivity index (χ2n) is 4.33. The molecule has 0 saturated carbocycles. The van der Waals surface area contributed by atoms with Gasteiger partial charge in [0.05, 0.1) is 24.9 Å². The lowest BCUT2D eigenvalue weighted by molar-refractivity contribution is 0.128. The van der Waals surface area contributed by atoms with E-state index in [9.17, 15) is 0 Å². The average Bonchev–Trinajstić information content (AvgIpc) is 2.98. The Morgan fingerprint density at radius 3 is 2.74 bits per heavy atom. The first-order valence-electron chi connectivity index (χ1n) is 6.25. The van der Waals surface area contributed by atoms with E-state index in [1.54, 1.807) is 13.3 Å². The zero-order valence-corrected chi connectivity index (χ0v) is 11.0. The van der Waals surface area contributed by atoms with Crippen LogP contribution in [-0.4, -0.2) is 41.3 Å². The van der Waals surface area contributed by atoms with Gasteiger partial charge in [0, 0.05) is 26.0 Å². The molecular formula is C14H19N3O2. The highest BCUT2D eigenvalue weighted by atomic mass is 16.5. The summed E-state index contributed by atoms with van der Waals surface area (Å²) in [5, 5.41) is 16.6. The third-order valence-corrected chi connectivity index (χ3v) is 2.89. The van der Waals surface area contributed by atoms with Gasteiger partial charge in [-0.25, -0.2) is 4.68 Å². The Hall–Kier alpha value is -1.69. The summed E-state index contributed by atoms with van der Waals surface area (Å²) in [7, 11) is 1.63. The first kappa shape index (κ1) is 13.7. The molecule has 1 atom stereocenters. The molecule has 0 aliphatic carbocycles. The molecule has 102 valence electrons. The Morgan fingerprint density at radius 1 is 1.37 bits per heavy atom. The van der Waals surface area contributed by atoms with E-state index < -0.39 is 0 Å². The van der Waals surface area contributed by atoms with Gasteiger partial charge in [0.25, 0.3) is 0 Å². The summed E-state index contributed by atoms with van der Waals surface area (Å²) in [6.07, 6.45) is 3.67. The summed E-state index contributed by atoms with van der Waals surface area (Å²) >= 11 is 0. The van der Waals surface area contributed by atoms with Crippen molar-refractivity contribution in [1.29, 1.82) is 0 Å². The van der Waals surface area contributed by atoms with Crippen LogP contribution in [0.5, 0.6) is 0 Å². The molecule has 0 radical (unpaired) electrons. The summed E-state index contributed by atoms with van der Waals surface area (Å²) in [5.41, 5.74) is 2.19. The molecule has 5 nitrogen and oxygen atoms in total. The number of hydrogen-bond acceptors (Lipinski definition) is 4. The van der Waals surface area contributed by atoms with Crippen LogP contribution in [0.3, 0.4) is 0 Å². The van der Waals surface area contributed by atoms with Crippen LogP contribution in [0.25, 0.3) is 5.69 Å². The van der Waals surface area contributed by atoms with Gasteiger partial charge in [-0.3, -0.25) is 0 Å². The Morgan fingerprint density at radius 2 is 2.16 bits per heavy atom. The largest absolute Gasteiger partial charge is 0.395 e. The van der Waals surface area contributed by atoms with Crippen molar-refractivity contribution in [2.24, 2.45) is 0 Å². The third kappa shape index (κ3) is 3.89. The molecule has 0 aliphatic rings. The maximum Gasteiger partial charge on any atom is 0.0645 e. The van der Waals surface area contributed by atoms with Crippen molar-refractivity contribution in [3.8, 4) is 5.69 Å². The highest BCUT2D eigenvalue weighted by Crippen LogP contribution is 2.08. The van der Waals surface area contributed by atoms with Crippen LogP contribution in [-0.2, 0) is 11.3 Å². The Labute approximate surface area is 112 Å². The van der Waals surface area contributed by atoms with Gasteiger partial charge < -0.3 is 15.2 Å². The number of ether oxygens (including phenoxy) is 1. The van der Waals surface area contributed by atoms with Gasteiger partial charge in [-0.2, -0.15) is 5.10 Å².